The number of nitrogens with one attached hydrogen (secondary N) is 1. The Labute approximate surface area is 168 Å². The monoisotopic (exact) mass is 399 g/mol. The van der Waals surface area contributed by atoms with Gasteiger partial charge in [-0.05, 0) is 37.3 Å². The summed E-state index contributed by atoms with van der Waals surface area (Å²) in [5, 5.41) is 5.16. The number of rotatable bonds is 8. The summed E-state index contributed by atoms with van der Waals surface area (Å²) in [4.78, 5) is 35.7. The van der Waals surface area contributed by atoms with Crippen molar-refractivity contribution in [3.63, 3.8) is 0 Å². The van der Waals surface area contributed by atoms with Crippen LogP contribution in [0.5, 0.6) is 0 Å². The maximum absolute atomic E-state index is 13.4. The van der Waals surface area contributed by atoms with Gasteiger partial charge in [-0.15, -0.1) is 11.3 Å². The minimum absolute atomic E-state index is 0.0325. The second-order valence-electron chi connectivity index (χ2n) is 7.77. The third-order valence-electron chi connectivity index (χ3n) is 6.07. The smallest absolute Gasteiger partial charge is 0.231 e. The zero-order valence-electron chi connectivity index (χ0n) is 15.7. The van der Waals surface area contributed by atoms with Crippen molar-refractivity contribution in [1.82, 2.24) is 20.2 Å². The Morgan fingerprint density at radius 2 is 2.29 bits per heavy atom. The molecule has 0 radical (unpaired) electrons. The highest BCUT2D eigenvalue weighted by Crippen LogP contribution is 2.51. The molecule has 0 aliphatic carbocycles. The molecular weight excluding hydrogens is 374 g/mol. The molecule has 2 aromatic rings. The second-order valence-corrected chi connectivity index (χ2v) is 8.49. The first-order valence-electron chi connectivity index (χ1n) is 9.67. The Kier molecular flexibility index (Phi) is 5.41. The Morgan fingerprint density at radius 1 is 1.39 bits per heavy atom. The van der Waals surface area contributed by atoms with Gasteiger partial charge in [-0.1, -0.05) is 6.07 Å². The molecule has 2 aliphatic heterocycles. The van der Waals surface area contributed by atoms with E-state index in [1.165, 1.54) is 0 Å². The van der Waals surface area contributed by atoms with Crippen LogP contribution in [0, 0.1) is 5.41 Å². The van der Waals surface area contributed by atoms with Crippen molar-refractivity contribution in [1.29, 1.82) is 0 Å². The molecule has 2 saturated heterocycles. The summed E-state index contributed by atoms with van der Waals surface area (Å²) >= 11 is 1.54. The van der Waals surface area contributed by atoms with Crippen LogP contribution in [0.4, 0.5) is 0 Å². The maximum Gasteiger partial charge on any atom is 0.231 e. The van der Waals surface area contributed by atoms with Crippen LogP contribution in [0.3, 0.4) is 0 Å². The van der Waals surface area contributed by atoms with Crippen molar-refractivity contribution in [3.8, 4) is 0 Å². The van der Waals surface area contributed by atoms with Gasteiger partial charge in [0.25, 0.3) is 0 Å². The molecule has 4 heterocycles. The van der Waals surface area contributed by atoms with Crippen molar-refractivity contribution < 1.29 is 9.59 Å². The number of carbonyl (C=O) groups is 2. The average Bonchev–Trinajstić information content (AvgIpc) is 3.39. The van der Waals surface area contributed by atoms with Crippen LogP contribution in [0.25, 0.3) is 0 Å². The Balaban J connectivity index is 1.51. The summed E-state index contributed by atoms with van der Waals surface area (Å²) in [6.45, 7) is 0.785. The highest BCUT2D eigenvalue weighted by molar-refractivity contribution is 7.07. The van der Waals surface area contributed by atoms with E-state index in [1.807, 2.05) is 23.7 Å². The first-order chi connectivity index (χ1) is 13.6. The number of hydrogen-bond donors (Lipinski definition) is 2. The molecule has 2 aliphatic rings. The van der Waals surface area contributed by atoms with Gasteiger partial charge in [0.05, 0.1) is 23.2 Å². The van der Waals surface area contributed by atoms with Gasteiger partial charge in [0.2, 0.25) is 11.8 Å². The van der Waals surface area contributed by atoms with E-state index in [0.29, 0.717) is 13.0 Å². The van der Waals surface area contributed by atoms with Gasteiger partial charge in [-0.2, -0.15) is 0 Å². The quantitative estimate of drug-likeness (QED) is 0.693. The summed E-state index contributed by atoms with van der Waals surface area (Å²) in [6, 6.07) is 4.18. The third kappa shape index (κ3) is 3.66. The van der Waals surface area contributed by atoms with Crippen LogP contribution < -0.4 is 11.1 Å². The molecule has 2 aromatic heterocycles. The summed E-state index contributed by atoms with van der Waals surface area (Å²) in [6.07, 6.45) is 7.59. The SMILES string of the molecule is NC(=O)CN1[C@@H]2CC[C@H]1[C@@](Cc1cscn1)(C(=O)NCCc1cccnc1)C2. The molecule has 2 bridgehead atoms. The second kappa shape index (κ2) is 7.97. The predicted molar refractivity (Wildman–Crippen MR) is 107 cm³/mol. The van der Waals surface area contributed by atoms with Gasteiger partial charge in [-0.3, -0.25) is 19.5 Å². The fourth-order valence-corrected chi connectivity index (χ4v) is 5.49. The number of fused-ring (bicyclic) bond motifs is 2. The number of thiazole rings is 1. The molecule has 2 fully saturated rings. The van der Waals surface area contributed by atoms with Crippen LogP contribution in [0.1, 0.15) is 30.5 Å². The van der Waals surface area contributed by atoms with E-state index in [2.05, 4.69) is 20.2 Å². The molecule has 0 unspecified atom stereocenters. The zero-order valence-corrected chi connectivity index (χ0v) is 16.5. The number of carbonyl (C=O) groups excluding carboxylic acids is 2. The number of hydrogen-bond acceptors (Lipinski definition) is 6. The summed E-state index contributed by atoms with van der Waals surface area (Å²) in [5.41, 5.74) is 8.76. The molecule has 148 valence electrons. The van der Waals surface area contributed by atoms with Gasteiger partial charge < -0.3 is 11.1 Å². The van der Waals surface area contributed by atoms with Crippen LogP contribution in [-0.2, 0) is 22.4 Å². The van der Waals surface area contributed by atoms with Crippen molar-refractivity contribution >= 4 is 23.2 Å². The van der Waals surface area contributed by atoms with Crippen molar-refractivity contribution in [2.24, 2.45) is 11.1 Å². The molecule has 0 saturated carbocycles. The van der Waals surface area contributed by atoms with Crippen molar-refractivity contribution in [2.75, 3.05) is 13.1 Å². The van der Waals surface area contributed by atoms with E-state index in [-0.39, 0.29) is 30.4 Å². The topological polar surface area (TPSA) is 101 Å². The Hall–Kier alpha value is -2.32. The standard InChI is InChI=1S/C20H25N5O2S/c21-18(26)11-25-16-3-4-17(25)20(9-16,8-15-12-28-13-24-15)19(27)23-7-5-14-2-1-6-22-10-14/h1-2,6,10,12-13,16-17H,3-5,7-9,11H2,(H2,21,26)(H,23,27)/t16-,17+,20+/m1/s1. The van der Waals surface area contributed by atoms with E-state index in [0.717, 1.165) is 36.9 Å². The summed E-state index contributed by atoms with van der Waals surface area (Å²) in [5.74, 6) is -0.274. The molecule has 0 aromatic carbocycles. The fraction of sp³-hybridized carbons (Fsp3) is 0.500. The molecule has 0 spiro atoms. The minimum atomic E-state index is -0.554. The van der Waals surface area contributed by atoms with E-state index in [9.17, 15) is 9.59 Å². The Morgan fingerprint density at radius 3 is 3.00 bits per heavy atom. The molecule has 3 N–H and O–H groups in total. The number of nitrogens with zero attached hydrogens (tertiary/aromatic N) is 3. The number of aromatic nitrogens is 2. The molecule has 7 nitrogen and oxygen atoms in total. The van der Waals surface area contributed by atoms with Crippen LogP contribution in [0.15, 0.2) is 35.4 Å². The van der Waals surface area contributed by atoms with Gasteiger partial charge in [0, 0.05) is 42.8 Å². The zero-order chi connectivity index (χ0) is 19.6. The number of primary amides is 1. The largest absolute Gasteiger partial charge is 0.369 e. The lowest BCUT2D eigenvalue weighted by Crippen LogP contribution is -2.51. The predicted octanol–water partition coefficient (Wildman–Crippen LogP) is 1.15. The van der Waals surface area contributed by atoms with E-state index >= 15 is 0 Å². The van der Waals surface area contributed by atoms with Crippen LogP contribution in [-0.4, -0.2) is 51.9 Å². The first kappa shape index (κ1) is 19.0. The normalized spacial score (nSPS) is 26.4. The fourth-order valence-electron chi connectivity index (χ4n) is 4.93. The number of nitrogens with two attached hydrogens (primary N) is 1. The molecule has 2 amide bonds. The highest BCUT2D eigenvalue weighted by atomic mass is 32.1. The third-order valence-corrected chi connectivity index (χ3v) is 6.71. The highest BCUT2D eigenvalue weighted by Gasteiger charge is 2.59. The molecular formula is C20H25N5O2S. The van der Waals surface area contributed by atoms with E-state index < -0.39 is 5.41 Å². The summed E-state index contributed by atoms with van der Waals surface area (Å²) < 4.78 is 0. The summed E-state index contributed by atoms with van der Waals surface area (Å²) in [7, 11) is 0. The molecule has 8 heteroatoms. The van der Waals surface area contributed by atoms with E-state index in [4.69, 9.17) is 5.73 Å². The van der Waals surface area contributed by atoms with Crippen molar-refractivity contribution in [2.45, 2.75) is 44.2 Å². The van der Waals surface area contributed by atoms with Crippen LogP contribution in [0.2, 0.25) is 0 Å². The van der Waals surface area contributed by atoms with Gasteiger partial charge in [-0.25, -0.2) is 4.98 Å². The molecule has 3 atom stereocenters. The maximum atomic E-state index is 13.4. The molecule has 4 rings (SSSR count). The van der Waals surface area contributed by atoms with Crippen LogP contribution >= 0.6 is 11.3 Å². The van der Waals surface area contributed by atoms with Gasteiger partial charge in [0.1, 0.15) is 0 Å². The van der Waals surface area contributed by atoms with Gasteiger partial charge in [0.15, 0.2) is 0 Å². The Bertz CT molecular complexity index is 828. The lowest BCUT2D eigenvalue weighted by molar-refractivity contribution is -0.133. The average molecular weight is 400 g/mol. The lowest BCUT2D eigenvalue weighted by atomic mass is 9.70. The minimum Gasteiger partial charge on any atom is -0.369 e. The number of amides is 2. The first-order valence-corrected chi connectivity index (χ1v) is 10.6. The molecule has 28 heavy (non-hydrogen) atoms. The van der Waals surface area contributed by atoms with Gasteiger partial charge >= 0.3 is 0 Å². The number of pyridine rings is 1. The van der Waals surface area contributed by atoms with Crippen molar-refractivity contribution in [3.05, 3.63) is 46.7 Å². The van der Waals surface area contributed by atoms with E-state index in [1.54, 1.807) is 23.0 Å². The lowest BCUT2D eigenvalue weighted by Gasteiger charge is -2.36.